The number of hydrogen-bond acceptors (Lipinski definition) is 6. The van der Waals surface area contributed by atoms with E-state index in [4.69, 9.17) is 21.0 Å². The maximum atomic E-state index is 14.2. The van der Waals surface area contributed by atoms with E-state index in [0.717, 1.165) is 26.7 Å². The second-order valence-corrected chi connectivity index (χ2v) is 12.1. The summed E-state index contributed by atoms with van der Waals surface area (Å²) >= 11 is 7.69. The third-order valence-corrected chi connectivity index (χ3v) is 9.84. The predicted molar refractivity (Wildman–Crippen MR) is 137 cm³/mol. The van der Waals surface area contributed by atoms with Gasteiger partial charge in [-0.25, -0.2) is 22.2 Å². The molecule has 1 amide bonds. The van der Waals surface area contributed by atoms with Gasteiger partial charge in [-0.2, -0.15) is 4.31 Å². The largest absolute Gasteiger partial charge is 0.467 e. The zero-order chi connectivity index (χ0) is 26.3. The summed E-state index contributed by atoms with van der Waals surface area (Å²) in [6, 6.07) is 9.47. The molecule has 194 valence electrons. The quantitative estimate of drug-likeness (QED) is 0.297. The third-order valence-electron chi connectivity index (χ3n) is 6.39. The first-order chi connectivity index (χ1) is 17.6. The fourth-order valence-corrected chi connectivity index (χ4v) is 7.25. The fourth-order valence-electron chi connectivity index (χ4n) is 4.38. The molecule has 0 radical (unpaired) electrons. The minimum atomic E-state index is -4.25. The van der Waals surface area contributed by atoms with Crippen LogP contribution in [0.25, 0.3) is 10.2 Å². The second-order valence-electron chi connectivity index (χ2n) is 8.80. The third kappa shape index (κ3) is 5.00. The van der Waals surface area contributed by atoms with Crippen molar-refractivity contribution >= 4 is 54.2 Å². The highest BCUT2D eigenvalue weighted by molar-refractivity contribution is 7.89. The molecule has 1 saturated heterocycles. The minimum Gasteiger partial charge on any atom is -0.467 e. The van der Waals surface area contributed by atoms with Crippen LogP contribution in [0.5, 0.6) is 0 Å². The fraction of sp³-hybridized carbons (Fsp3) is 0.280. The lowest BCUT2D eigenvalue weighted by molar-refractivity contribution is -0.123. The Morgan fingerprint density at radius 3 is 2.65 bits per heavy atom. The number of thiazole rings is 1. The molecule has 2 aromatic heterocycles. The predicted octanol–water partition coefficient (Wildman–Crippen LogP) is 5.76. The first-order valence-corrected chi connectivity index (χ1v) is 14.1. The van der Waals surface area contributed by atoms with E-state index >= 15 is 0 Å². The number of hydrogen-bond donors (Lipinski definition) is 0. The number of rotatable bonds is 6. The van der Waals surface area contributed by atoms with Crippen LogP contribution in [0.2, 0.25) is 5.02 Å². The standard InChI is InChI=1S/C25H22ClF2N3O4S2/c1-15-4-6-19(26)23-22(15)29-25(36-23)31(14-18-3-2-12-35-18)24(32)16-8-10-30(11-9-16)37(33,34)21-13-17(27)5-7-20(21)28/h2-7,12-13,16H,8-11,14H2,1H3. The summed E-state index contributed by atoms with van der Waals surface area (Å²) in [5.74, 6) is -2.02. The summed E-state index contributed by atoms with van der Waals surface area (Å²) in [6.45, 7) is 2.05. The van der Waals surface area contributed by atoms with E-state index in [1.807, 2.05) is 13.0 Å². The number of amides is 1. The van der Waals surface area contributed by atoms with Crippen LogP contribution in [0, 0.1) is 24.5 Å². The Morgan fingerprint density at radius 2 is 1.97 bits per heavy atom. The number of nitrogens with zero attached hydrogens (tertiary/aromatic N) is 3. The molecule has 0 atom stereocenters. The molecule has 12 heteroatoms. The Bertz CT molecular complexity index is 1530. The van der Waals surface area contributed by atoms with E-state index in [0.29, 0.717) is 27.5 Å². The summed E-state index contributed by atoms with van der Waals surface area (Å²) in [5, 5.41) is 1.00. The second kappa shape index (κ2) is 10.1. The first-order valence-electron chi connectivity index (χ1n) is 11.5. The van der Waals surface area contributed by atoms with E-state index in [2.05, 4.69) is 0 Å². The van der Waals surface area contributed by atoms with Gasteiger partial charge in [-0.3, -0.25) is 9.69 Å². The zero-order valence-corrected chi connectivity index (χ0v) is 22.0. The van der Waals surface area contributed by atoms with Crippen molar-refractivity contribution in [3.05, 3.63) is 76.7 Å². The summed E-state index contributed by atoms with van der Waals surface area (Å²) in [6.07, 6.45) is 1.95. The number of benzene rings is 2. The number of carbonyl (C=O) groups is 1. The number of piperidine rings is 1. The van der Waals surface area contributed by atoms with Gasteiger partial charge in [0.15, 0.2) is 5.13 Å². The monoisotopic (exact) mass is 565 g/mol. The van der Waals surface area contributed by atoms with Crippen LogP contribution in [0.3, 0.4) is 0 Å². The number of carbonyl (C=O) groups excluding carboxylic acids is 1. The molecule has 0 aliphatic carbocycles. The molecule has 3 heterocycles. The van der Waals surface area contributed by atoms with Gasteiger partial charge in [0.2, 0.25) is 15.9 Å². The van der Waals surface area contributed by atoms with Crippen molar-refractivity contribution in [2.24, 2.45) is 5.92 Å². The van der Waals surface area contributed by atoms with Gasteiger partial charge in [-0.15, -0.1) is 0 Å². The van der Waals surface area contributed by atoms with E-state index in [1.165, 1.54) is 17.6 Å². The number of aromatic nitrogens is 1. The lowest BCUT2D eigenvalue weighted by atomic mass is 9.96. The topological polar surface area (TPSA) is 83.7 Å². The Balaban J connectivity index is 1.39. The molecule has 1 aliphatic heterocycles. The molecule has 0 bridgehead atoms. The van der Waals surface area contributed by atoms with Crippen molar-refractivity contribution in [3.8, 4) is 0 Å². The lowest BCUT2D eigenvalue weighted by Gasteiger charge is -2.32. The molecule has 1 aliphatic rings. The van der Waals surface area contributed by atoms with E-state index in [-0.39, 0.29) is 38.4 Å². The van der Waals surface area contributed by atoms with Gasteiger partial charge < -0.3 is 4.42 Å². The van der Waals surface area contributed by atoms with Gasteiger partial charge in [0, 0.05) is 19.0 Å². The lowest BCUT2D eigenvalue weighted by Crippen LogP contribution is -2.44. The molecular weight excluding hydrogens is 544 g/mol. The molecule has 1 fully saturated rings. The van der Waals surface area contributed by atoms with Crippen LogP contribution in [-0.2, 0) is 21.4 Å². The number of fused-ring (bicyclic) bond motifs is 1. The molecule has 0 unspecified atom stereocenters. The molecular formula is C25H22ClF2N3O4S2. The number of sulfonamides is 1. The molecule has 0 saturated carbocycles. The van der Waals surface area contributed by atoms with Crippen LogP contribution >= 0.6 is 22.9 Å². The maximum Gasteiger partial charge on any atom is 0.246 e. The van der Waals surface area contributed by atoms with Gasteiger partial charge in [0.1, 0.15) is 22.3 Å². The maximum absolute atomic E-state index is 14.2. The highest BCUT2D eigenvalue weighted by Gasteiger charge is 2.36. The minimum absolute atomic E-state index is 0.00589. The SMILES string of the molecule is Cc1ccc(Cl)c2sc(N(Cc3ccco3)C(=O)C3CCN(S(=O)(=O)c4cc(F)ccc4F)CC3)nc12. The highest BCUT2D eigenvalue weighted by atomic mass is 35.5. The van der Waals surface area contributed by atoms with Crippen LogP contribution in [-0.4, -0.2) is 36.7 Å². The molecule has 0 N–H and O–H groups in total. The Kier molecular flexibility index (Phi) is 7.06. The average molecular weight is 566 g/mol. The van der Waals surface area contributed by atoms with E-state index < -0.39 is 32.5 Å². The molecule has 2 aromatic carbocycles. The smallest absolute Gasteiger partial charge is 0.246 e. The molecule has 7 nitrogen and oxygen atoms in total. The summed E-state index contributed by atoms with van der Waals surface area (Å²) in [5.41, 5.74) is 1.64. The van der Waals surface area contributed by atoms with Crippen LogP contribution in [0.4, 0.5) is 13.9 Å². The molecule has 0 spiro atoms. The van der Waals surface area contributed by atoms with Gasteiger partial charge in [0.05, 0.1) is 28.0 Å². The van der Waals surface area contributed by atoms with Crippen molar-refractivity contribution < 1.29 is 26.4 Å². The van der Waals surface area contributed by atoms with Crippen molar-refractivity contribution in [1.82, 2.24) is 9.29 Å². The first kappa shape index (κ1) is 25.8. The van der Waals surface area contributed by atoms with E-state index in [9.17, 15) is 22.0 Å². The van der Waals surface area contributed by atoms with Gasteiger partial charge in [-0.1, -0.05) is 29.0 Å². The Morgan fingerprint density at radius 1 is 1.22 bits per heavy atom. The normalized spacial score (nSPS) is 15.4. The number of furan rings is 1. The summed E-state index contributed by atoms with van der Waals surface area (Å²) in [7, 11) is -4.25. The molecule has 5 rings (SSSR count). The van der Waals surface area contributed by atoms with Crippen molar-refractivity contribution in [2.45, 2.75) is 31.2 Å². The van der Waals surface area contributed by atoms with Gasteiger partial charge >= 0.3 is 0 Å². The summed E-state index contributed by atoms with van der Waals surface area (Å²) < 4.78 is 61.1. The Hall–Kier alpha value is -2.86. The Labute approximate surface area is 221 Å². The number of aryl methyl sites for hydroxylation is 1. The zero-order valence-electron chi connectivity index (χ0n) is 19.7. The van der Waals surface area contributed by atoms with Crippen LogP contribution in [0.1, 0.15) is 24.2 Å². The average Bonchev–Trinajstić information content (AvgIpc) is 3.57. The molecule has 37 heavy (non-hydrogen) atoms. The number of anilines is 1. The highest BCUT2D eigenvalue weighted by Crippen LogP contribution is 2.37. The van der Waals surface area contributed by atoms with E-state index in [1.54, 1.807) is 23.1 Å². The van der Waals surface area contributed by atoms with Crippen LogP contribution < -0.4 is 4.90 Å². The van der Waals surface area contributed by atoms with Crippen molar-refractivity contribution in [2.75, 3.05) is 18.0 Å². The van der Waals surface area contributed by atoms with Crippen molar-refractivity contribution in [3.63, 3.8) is 0 Å². The summed E-state index contributed by atoms with van der Waals surface area (Å²) in [4.78, 5) is 19.3. The van der Waals surface area contributed by atoms with Gasteiger partial charge in [-0.05, 0) is 61.7 Å². The van der Waals surface area contributed by atoms with Gasteiger partial charge in [0.25, 0.3) is 0 Å². The number of halogens is 3. The van der Waals surface area contributed by atoms with Crippen molar-refractivity contribution in [1.29, 1.82) is 0 Å². The molecule has 4 aromatic rings. The van der Waals surface area contributed by atoms with Crippen LogP contribution in [0.15, 0.2) is 58.0 Å².